The highest BCUT2D eigenvalue weighted by Gasteiger charge is 2.08. The Bertz CT molecular complexity index is 754. The normalized spacial score (nSPS) is 10.7. The van der Waals surface area contributed by atoms with Crippen LogP contribution in [0.15, 0.2) is 48.5 Å². The van der Waals surface area contributed by atoms with Crippen molar-refractivity contribution in [2.75, 3.05) is 12.3 Å². The molecule has 0 radical (unpaired) electrons. The predicted molar refractivity (Wildman–Crippen MR) is 85.2 cm³/mol. The molecule has 0 aliphatic heterocycles. The highest BCUT2D eigenvalue weighted by molar-refractivity contribution is 5.99. The molecule has 0 aliphatic rings. The Hall–Kier alpha value is -2.62. The number of aromatic nitrogens is 2. The van der Waals surface area contributed by atoms with Crippen molar-refractivity contribution in [3.05, 3.63) is 48.5 Å². The first-order valence-electron chi connectivity index (χ1n) is 7.03. The molecule has 21 heavy (non-hydrogen) atoms. The Morgan fingerprint density at radius 2 is 1.67 bits per heavy atom. The Morgan fingerprint density at radius 3 is 2.38 bits per heavy atom. The molecule has 0 amide bonds. The fourth-order valence-corrected chi connectivity index (χ4v) is 2.27. The first kappa shape index (κ1) is 13.4. The third kappa shape index (κ3) is 2.65. The summed E-state index contributed by atoms with van der Waals surface area (Å²) in [5, 5.41) is 10.2. The first-order valence-corrected chi connectivity index (χ1v) is 7.03. The van der Waals surface area contributed by atoms with Gasteiger partial charge in [0.2, 0.25) is 0 Å². The molecule has 106 valence electrons. The van der Waals surface area contributed by atoms with Gasteiger partial charge in [0.25, 0.3) is 0 Å². The summed E-state index contributed by atoms with van der Waals surface area (Å²) in [5.74, 6) is 1.32. The molecule has 0 spiro atoms. The SMILES string of the molecule is CCCOc1ccc(-c2nnc(N)c3ccccc23)cc1. The lowest BCUT2D eigenvalue weighted by Gasteiger charge is -2.08. The number of fused-ring (bicyclic) bond motifs is 1. The zero-order valence-corrected chi connectivity index (χ0v) is 11.9. The van der Waals surface area contributed by atoms with Crippen LogP contribution in [-0.4, -0.2) is 16.8 Å². The Kier molecular flexibility index (Phi) is 3.69. The predicted octanol–water partition coefficient (Wildman–Crippen LogP) is 3.67. The van der Waals surface area contributed by atoms with Crippen molar-refractivity contribution in [1.82, 2.24) is 10.2 Å². The first-order chi connectivity index (χ1) is 10.3. The molecule has 4 nitrogen and oxygen atoms in total. The van der Waals surface area contributed by atoms with Gasteiger partial charge in [-0.2, -0.15) is 0 Å². The molecular weight excluding hydrogens is 262 g/mol. The van der Waals surface area contributed by atoms with Crippen molar-refractivity contribution >= 4 is 16.6 Å². The van der Waals surface area contributed by atoms with Crippen molar-refractivity contribution in [3.63, 3.8) is 0 Å². The molecule has 0 saturated heterocycles. The molecule has 1 aromatic heterocycles. The van der Waals surface area contributed by atoms with Crippen molar-refractivity contribution in [2.45, 2.75) is 13.3 Å². The molecule has 1 heterocycles. The summed E-state index contributed by atoms with van der Waals surface area (Å²) in [4.78, 5) is 0. The van der Waals surface area contributed by atoms with Crippen LogP contribution in [0.4, 0.5) is 5.82 Å². The van der Waals surface area contributed by atoms with Crippen molar-refractivity contribution < 1.29 is 4.74 Å². The van der Waals surface area contributed by atoms with E-state index >= 15 is 0 Å². The molecule has 3 rings (SSSR count). The van der Waals surface area contributed by atoms with Gasteiger partial charge >= 0.3 is 0 Å². The van der Waals surface area contributed by atoms with Gasteiger partial charge in [0.05, 0.1) is 6.61 Å². The van der Waals surface area contributed by atoms with E-state index in [1.165, 1.54) is 0 Å². The number of ether oxygens (including phenoxy) is 1. The number of nitrogen functional groups attached to an aromatic ring is 1. The molecule has 0 atom stereocenters. The summed E-state index contributed by atoms with van der Waals surface area (Å²) in [6, 6.07) is 15.8. The Balaban J connectivity index is 2.02. The summed E-state index contributed by atoms with van der Waals surface area (Å²) < 4.78 is 5.60. The van der Waals surface area contributed by atoms with E-state index in [9.17, 15) is 0 Å². The highest BCUT2D eigenvalue weighted by atomic mass is 16.5. The van der Waals surface area contributed by atoms with Crippen molar-refractivity contribution in [1.29, 1.82) is 0 Å². The van der Waals surface area contributed by atoms with Crippen LogP contribution in [0.1, 0.15) is 13.3 Å². The average molecular weight is 279 g/mol. The average Bonchev–Trinajstić information content (AvgIpc) is 2.54. The third-order valence-corrected chi connectivity index (χ3v) is 3.32. The number of hydrogen-bond acceptors (Lipinski definition) is 4. The maximum Gasteiger partial charge on any atom is 0.154 e. The lowest BCUT2D eigenvalue weighted by Crippen LogP contribution is -1.98. The van der Waals surface area contributed by atoms with E-state index in [2.05, 4.69) is 17.1 Å². The quantitative estimate of drug-likeness (QED) is 0.791. The molecule has 2 aromatic carbocycles. The fourth-order valence-electron chi connectivity index (χ4n) is 2.27. The number of nitrogens with zero attached hydrogens (tertiary/aromatic N) is 2. The minimum Gasteiger partial charge on any atom is -0.494 e. The number of nitrogens with two attached hydrogens (primary N) is 1. The lowest BCUT2D eigenvalue weighted by atomic mass is 10.0. The van der Waals surface area contributed by atoms with Gasteiger partial charge in [-0.05, 0) is 30.7 Å². The van der Waals surface area contributed by atoms with E-state index in [0.717, 1.165) is 40.8 Å². The minimum atomic E-state index is 0.456. The maximum atomic E-state index is 5.89. The van der Waals surface area contributed by atoms with Crippen LogP contribution in [0.25, 0.3) is 22.0 Å². The second kappa shape index (κ2) is 5.79. The van der Waals surface area contributed by atoms with Gasteiger partial charge in [-0.3, -0.25) is 0 Å². The number of hydrogen-bond donors (Lipinski definition) is 1. The Morgan fingerprint density at radius 1 is 0.952 bits per heavy atom. The molecular formula is C17H17N3O. The van der Waals surface area contributed by atoms with Crippen LogP contribution in [0.3, 0.4) is 0 Å². The Labute approximate surface area is 123 Å². The minimum absolute atomic E-state index is 0.456. The standard InChI is InChI=1S/C17H17N3O/c1-2-11-21-13-9-7-12(8-10-13)16-14-5-3-4-6-15(14)17(18)20-19-16/h3-10H,2,11H2,1H3,(H2,18,20). The lowest BCUT2D eigenvalue weighted by molar-refractivity contribution is 0.317. The van der Waals surface area contributed by atoms with Gasteiger partial charge < -0.3 is 10.5 Å². The summed E-state index contributed by atoms with van der Waals surface area (Å²) in [6.45, 7) is 2.81. The smallest absolute Gasteiger partial charge is 0.154 e. The van der Waals surface area contributed by atoms with Gasteiger partial charge in [0.15, 0.2) is 5.82 Å². The van der Waals surface area contributed by atoms with Gasteiger partial charge in [0.1, 0.15) is 11.4 Å². The van der Waals surface area contributed by atoms with E-state index in [1.54, 1.807) is 0 Å². The molecule has 3 aromatic rings. The second-order valence-electron chi connectivity index (χ2n) is 4.85. The third-order valence-electron chi connectivity index (χ3n) is 3.32. The van der Waals surface area contributed by atoms with Gasteiger partial charge in [-0.15, -0.1) is 10.2 Å². The molecule has 0 aliphatic carbocycles. The van der Waals surface area contributed by atoms with Crippen LogP contribution in [0.2, 0.25) is 0 Å². The van der Waals surface area contributed by atoms with Crippen LogP contribution >= 0.6 is 0 Å². The maximum absolute atomic E-state index is 5.89. The molecule has 0 saturated carbocycles. The highest BCUT2D eigenvalue weighted by Crippen LogP contribution is 2.29. The molecule has 0 bridgehead atoms. The summed E-state index contributed by atoms with van der Waals surface area (Å²) >= 11 is 0. The summed E-state index contributed by atoms with van der Waals surface area (Å²) in [5.41, 5.74) is 7.73. The van der Waals surface area contributed by atoms with E-state index in [1.807, 2.05) is 48.5 Å². The summed E-state index contributed by atoms with van der Waals surface area (Å²) in [6.07, 6.45) is 0.996. The van der Waals surface area contributed by atoms with Crippen molar-refractivity contribution in [2.24, 2.45) is 0 Å². The summed E-state index contributed by atoms with van der Waals surface area (Å²) in [7, 11) is 0. The van der Waals surface area contributed by atoms with Crippen LogP contribution in [0.5, 0.6) is 5.75 Å². The van der Waals surface area contributed by atoms with E-state index in [0.29, 0.717) is 5.82 Å². The van der Waals surface area contributed by atoms with Gasteiger partial charge in [0, 0.05) is 16.3 Å². The monoisotopic (exact) mass is 279 g/mol. The number of benzene rings is 2. The molecule has 0 fully saturated rings. The molecule has 0 unspecified atom stereocenters. The van der Waals surface area contributed by atoms with Gasteiger partial charge in [-0.1, -0.05) is 31.2 Å². The van der Waals surface area contributed by atoms with Crippen molar-refractivity contribution in [3.8, 4) is 17.0 Å². The zero-order valence-electron chi connectivity index (χ0n) is 11.9. The van der Waals surface area contributed by atoms with Gasteiger partial charge in [-0.25, -0.2) is 0 Å². The topological polar surface area (TPSA) is 61.0 Å². The number of rotatable bonds is 4. The molecule has 4 heteroatoms. The number of anilines is 1. The van der Waals surface area contributed by atoms with E-state index < -0.39 is 0 Å². The van der Waals surface area contributed by atoms with E-state index in [4.69, 9.17) is 10.5 Å². The van der Waals surface area contributed by atoms with Crippen LogP contribution in [0, 0.1) is 0 Å². The molecule has 2 N–H and O–H groups in total. The fraction of sp³-hybridized carbons (Fsp3) is 0.176. The van der Waals surface area contributed by atoms with Crippen LogP contribution in [-0.2, 0) is 0 Å². The van der Waals surface area contributed by atoms with Crippen LogP contribution < -0.4 is 10.5 Å². The second-order valence-corrected chi connectivity index (χ2v) is 4.85. The largest absolute Gasteiger partial charge is 0.494 e. The van der Waals surface area contributed by atoms with E-state index in [-0.39, 0.29) is 0 Å². The zero-order chi connectivity index (χ0) is 14.7.